The van der Waals surface area contributed by atoms with Crippen molar-refractivity contribution in [3.05, 3.63) is 29.8 Å². The van der Waals surface area contributed by atoms with Gasteiger partial charge in [-0.25, -0.2) is 0 Å². The Hall–Kier alpha value is -1.39. The first-order valence-corrected chi connectivity index (χ1v) is 7.79. The number of carbonyl (C=O) groups excluding carboxylic acids is 1. The lowest BCUT2D eigenvalue weighted by molar-refractivity contribution is -0.131. The van der Waals surface area contributed by atoms with Gasteiger partial charge in [0.25, 0.3) is 0 Å². The van der Waals surface area contributed by atoms with Crippen LogP contribution in [0.15, 0.2) is 24.3 Å². The number of piperazine rings is 1. The van der Waals surface area contributed by atoms with E-state index in [4.69, 9.17) is 4.74 Å². The lowest BCUT2D eigenvalue weighted by Gasteiger charge is -2.36. The third kappa shape index (κ3) is 4.83. The van der Waals surface area contributed by atoms with Crippen molar-refractivity contribution < 1.29 is 9.53 Å². The number of ether oxygens (including phenoxy) is 1. The molecule has 2 rings (SSSR count). The molecule has 1 aromatic carbocycles. The third-order valence-corrected chi connectivity index (χ3v) is 3.81. The van der Waals surface area contributed by atoms with Gasteiger partial charge >= 0.3 is 5.97 Å². The highest BCUT2D eigenvalue weighted by atomic mass is 16.5. The topological polar surface area (TPSA) is 41.6 Å². The number of hydrogen-bond acceptors (Lipinski definition) is 4. The van der Waals surface area contributed by atoms with Crippen LogP contribution in [-0.2, 0) is 4.79 Å². The van der Waals surface area contributed by atoms with Crippen molar-refractivity contribution in [1.29, 1.82) is 0 Å². The summed E-state index contributed by atoms with van der Waals surface area (Å²) in [7, 11) is 0. The lowest BCUT2D eigenvalue weighted by atomic mass is 9.95. The molecule has 1 saturated heterocycles. The molecular weight excluding hydrogens is 264 g/mol. The standard InChI is InChI=1S/C17H26N2O2/c1-13(2)12-17(19-10-8-18-9-11-19)15-4-6-16(7-5-15)21-14(3)20/h4-7,13,17-18H,8-12H2,1-3H3/t17-/m0/s1. The Labute approximate surface area is 127 Å². The zero-order chi connectivity index (χ0) is 15.2. The van der Waals surface area contributed by atoms with Crippen molar-refractivity contribution in [2.24, 2.45) is 5.92 Å². The van der Waals surface area contributed by atoms with Crippen molar-refractivity contribution in [3.63, 3.8) is 0 Å². The van der Waals surface area contributed by atoms with E-state index in [9.17, 15) is 4.79 Å². The van der Waals surface area contributed by atoms with Crippen LogP contribution < -0.4 is 10.1 Å². The molecule has 1 heterocycles. The van der Waals surface area contributed by atoms with Crippen LogP contribution in [0, 0.1) is 5.92 Å². The molecule has 1 fully saturated rings. The van der Waals surface area contributed by atoms with Crippen LogP contribution in [0.5, 0.6) is 5.75 Å². The molecular formula is C17H26N2O2. The number of nitrogens with zero attached hydrogens (tertiary/aromatic N) is 1. The number of benzene rings is 1. The molecule has 0 bridgehead atoms. The molecule has 0 amide bonds. The van der Waals surface area contributed by atoms with Crippen molar-refractivity contribution in [1.82, 2.24) is 10.2 Å². The molecule has 1 N–H and O–H groups in total. The summed E-state index contributed by atoms with van der Waals surface area (Å²) in [6.45, 7) is 10.2. The average Bonchev–Trinajstić information content (AvgIpc) is 2.46. The predicted octanol–water partition coefficient (Wildman–Crippen LogP) is 2.60. The molecule has 1 aliphatic rings. The summed E-state index contributed by atoms with van der Waals surface area (Å²) < 4.78 is 5.11. The molecule has 0 saturated carbocycles. The number of rotatable bonds is 5. The average molecular weight is 290 g/mol. The first-order chi connectivity index (χ1) is 10.1. The highest BCUT2D eigenvalue weighted by Gasteiger charge is 2.23. The minimum absolute atomic E-state index is 0.274. The maximum atomic E-state index is 11.0. The normalized spacial score (nSPS) is 17.7. The second-order valence-electron chi connectivity index (χ2n) is 6.09. The Morgan fingerprint density at radius 2 is 1.86 bits per heavy atom. The van der Waals surface area contributed by atoms with Crippen molar-refractivity contribution >= 4 is 5.97 Å². The summed E-state index contributed by atoms with van der Waals surface area (Å²) in [6.07, 6.45) is 1.15. The van der Waals surface area contributed by atoms with Gasteiger partial charge in [0.1, 0.15) is 5.75 Å². The van der Waals surface area contributed by atoms with Crippen LogP contribution in [0.4, 0.5) is 0 Å². The zero-order valence-corrected chi connectivity index (χ0v) is 13.3. The summed E-state index contributed by atoms with van der Waals surface area (Å²) in [5, 5.41) is 3.41. The van der Waals surface area contributed by atoms with E-state index >= 15 is 0 Å². The zero-order valence-electron chi connectivity index (χ0n) is 13.3. The molecule has 1 atom stereocenters. The van der Waals surface area contributed by atoms with Crippen molar-refractivity contribution in [2.75, 3.05) is 26.2 Å². The number of hydrogen-bond donors (Lipinski definition) is 1. The van der Waals surface area contributed by atoms with Gasteiger partial charge in [0.2, 0.25) is 0 Å². The van der Waals surface area contributed by atoms with E-state index in [2.05, 4.69) is 36.2 Å². The Kier molecular flexibility index (Phi) is 5.76. The summed E-state index contributed by atoms with van der Waals surface area (Å²) >= 11 is 0. The Balaban J connectivity index is 2.13. The second-order valence-corrected chi connectivity index (χ2v) is 6.09. The van der Waals surface area contributed by atoms with Crippen LogP contribution >= 0.6 is 0 Å². The fourth-order valence-corrected chi connectivity index (χ4v) is 2.86. The molecule has 21 heavy (non-hydrogen) atoms. The maximum absolute atomic E-state index is 11.0. The SMILES string of the molecule is CC(=O)Oc1ccc([C@H](CC(C)C)N2CCNCC2)cc1. The molecule has 1 aliphatic heterocycles. The van der Waals surface area contributed by atoms with Gasteiger partial charge in [0.15, 0.2) is 0 Å². The molecule has 0 spiro atoms. The van der Waals surface area contributed by atoms with E-state index in [1.54, 1.807) is 0 Å². The summed E-state index contributed by atoms with van der Waals surface area (Å²) in [4.78, 5) is 13.5. The van der Waals surface area contributed by atoms with Gasteiger partial charge in [0.05, 0.1) is 0 Å². The molecule has 116 valence electrons. The lowest BCUT2D eigenvalue weighted by Crippen LogP contribution is -2.45. The van der Waals surface area contributed by atoms with Crippen LogP contribution in [0.3, 0.4) is 0 Å². The van der Waals surface area contributed by atoms with Gasteiger partial charge in [-0.3, -0.25) is 9.69 Å². The van der Waals surface area contributed by atoms with E-state index in [1.165, 1.54) is 12.5 Å². The van der Waals surface area contributed by atoms with Crippen molar-refractivity contribution in [2.45, 2.75) is 33.2 Å². The quantitative estimate of drug-likeness (QED) is 0.668. The van der Waals surface area contributed by atoms with Crippen LogP contribution in [0.1, 0.15) is 38.8 Å². The van der Waals surface area contributed by atoms with E-state index < -0.39 is 0 Å². The van der Waals surface area contributed by atoms with Gasteiger partial charge < -0.3 is 10.1 Å². The second kappa shape index (κ2) is 7.57. The predicted molar refractivity (Wildman–Crippen MR) is 84.4 cm³/mol. The van der Waals surface area contributed by atoms with E-state index in [1.807, 2.05) is 12.1 Å². The number of nitrogens with one attached hydrogen (secondary N) is 1. The molecule has 0 unspecified atom stereocenters. The van der Waals surface area contributed by atoms with E-state index in [0.717, 1.165) is 32.6 Å². The molecule has 4 nitrogen and oxygen atoms in total. The smallest absolute Gasteiger partial charge is 0.308 e. The first kappa shape index (κ1) is 16.0. The Morgan fingerprint density at radius 1 is 1.24 bits per heavy atom. The Morgan fingerprint density at radius 3 is 2.38 bits per heavy atom. The van der Waals surface area contributed by atoms with Crippen LogP contribution in [0.25, 0.3) is 0 Å². The highest BCUT2D eigenvalue weighted by Crippen LogP contribution is 2.29. The van der Waals surface area contributed by atoms with Crippen LogP contribution in [-0.4, -0.2) is 37.0 Å². The first-order valence-electron chi connectivity index (χ1n) is 7.79. The fourth-order valence-electron chi connectivity index (χ4n) is 2.86. The number of carbonyl (C=O) groups is 1. The molecule has 0 aromatic heterocycles. The maximum Gasteiger partial charge on any atom is 0.308 e. The summed E-state index contributed by atoms with van der Waals surface area (Å²) in [6, 6.07) is 8.41. The van der Waals surface area contributed by atoms with Gasteiger partial charge in [-0.15, -0.1) is 0 Å². The van der Waals surface area contributed by atoms with Gasteiger partial charge in [0, 0.05) is 39.1 Å². The fraction of sp³-hybridized carbons (Fsp3) is 0.588. The molecule has 4 heteroatoms. The molecule has 0 aliphatic carbocycles. The van der Waals surface area contributed by atoms with Gasteiger partial charge in [-0.1, -0.05) is 26.0 Å². The third-order valence-electron chi connectivity index (χ3n) is 3.81. The van der Waals surface area contributed by atoms with E-state index in [0.29, 0.717) is 17.7 Å². The summed E-state index contributed by atoms with van der Waals surface area (Å²) in [5.74, 6) is 0.997. The highest BCUT2D eigenvalue weighted by molar-refractivity contribution is 5.69. The molecule has 0 radical (unpaired) electrons. The number of esters is 1. The molecule has 1 aromatic rings. The largest absolute Gasteiger partial charge is 0.427 e. The minimum Gasteiger partial charge on any atom is -0.427 e. The van der Waals surface area contributed by atoms with Gasteiger partial charge in [-0.05, 0) is 30.0 Å². The van der Waals surface area contributed by atoms with Crippen LogP contribution in [0.2, 0.25) is 0 Å². The van der Waals surface area contributed by atoms with Gasteiger partial charge in [-0.2, -0.15) is 0 Å². The monoisotopic (exact) mass is 290 g/mol. The van der Waals surface area contributed by atoms with Crippen molar-refractivity contribution in [3.8, 4) is 5.75 Å². The Bertz CT molecular complexity index is 450. The minimum atomic E-state index is -0.274. The summed E-state index contributed by atoms with van der Waals surface area (Å²) in [5.41, 5.74) is 1.31. The van der Waals surface area contributed by atoms with E-state index in [-0.39, 0.29) is 5.97 Å².